The van der Waals surface area contributed by atoms with Crippen molar-refractivity contribution in [2.75, 3.05) is 19.8 Å². The zero-order valence-corrected chi connectivity index (χ0v) is 12.5. The molecule has 4 heteroatoms. The van der Waals surface area contributed by atoms with Gasteiger partial charge in [-0.25, -0.2) is 0 Å². The smallest absolute Gasteiger partial charge is 0.193 e. The summed E-state index contributed by atoms with van der Waals surface area (Å²) in [5, 5.41) is -0.145. The predicted octanol–water partition coefficient (Wildman–Crippen LogP) is 1.04. The number of ether oxygens (including phenoxy) is 3. The molecule has 90 valence electrons. The first kappa shape index (κ1) is 13.2. The molecule has 0 aromatic heterocycles. The van der Waals surface area contributed by atoms with E-state index >= 15 is 0 Å². The van der Waals surface area contributed by atoms with Crippen LogP contribution in [-0.4, -0.2) is 41.1 Å². The van der Waals surface area contributed by atoms with Crippen LogP contribution in [0, 0.1) is 0 Å². The molecule has 0 heterocycles. The van der Waals surface area contributed by atoms with Gasteiger partial charge in [-0.1, -0.05) is 0 Å². The second-order valence-electron chi connectivity index (χ2n) is 4.14. The van der Waals surface area contributed by atoms with E-state index in [9.17, 15) is 0 Å². The Bertz CT molecular complexity index is 192. The van der Waals surface area contributed by atoms with Gasteiger partial charge in [0.15, 0.2) is 5.79 Å². The topological polar surface area (TPSA) is 27.7 Å². The van der Waals surface area contributed by atoms with E-state index in [4.69, 9.17) is 14.2 Å². The van der Waals surface area contributed by atoms with Crippen LogP contribution in [0.25, 0.3) is 0 Å². The largest absolute Gasteiger partial charge is 0.374 e. The van der Waals surface area contributed by atoms with Gasteiger partial charge in [-0.15, -0.1) is 0 Å². The van der Waals surface area contributed by atoms with Gasteiger partial charge in [0.2, 0.25) is 0 Å². The lowest BCUT2D eigenvalue weighted by molar-refractivity contribution is -0.290. The van der Waals surface area contributed by atoms with Crippen LogP contribution in [0.5, 0.6) is 0 Å². The molecule has 1 atom stereocenters. The lowest BCUT2D eigenvalue weighted by Gasteiger charge is -2.42. The standard InChI is InChI=1S/C11H24O3Si/c1-4-12-10(13-5-2)8-7-9-11(10,15)14-6-3/h4-9H2,1-3,15H3. The molecule has 1 rings (SSSR count). The molecule has 0 saturated heterocycles. The second kappa shape index (κ2) is 5.43. The average Bonchev–Trinajstić information content (AvgIpc) is 2.46. The van der Waals surface area contributed by atoms with Crippen molar-refractivity contribution in [2.45, 2.75) is 51.0 Å². The summed E-state index contributed by atoms with van der Waals surface area (Å²) in [4.78, 5) is 0. The molecule has 3 nitrogen and oxygen atoms in total. The fourth-order valence-corrected chi connectivity index (χ4v) is 3.75. The van der Waals surface area contributed by atoms with Crippen LogP contribution in [0.2, 0.25) is 0 Å². The minimum Gasteiger partial charge on any atom is -0.374 e. The van der Waals surface area contributed by atoms with E-state index in [1.807, 2.05) is 20.8 Å². The van der Waals surface area contributed by atoms with Crippen molar-refractivity contribution in [2.24, 2.45) is 0 Å². The molecule has 1 aliphatic rings. The Balaban J connectivity index is 2.82. The van der Waals surface area contributed by atoms with Crippen molar-refractivity contribution in [3.63, 3.8) is 0 Å². The third-order valence-electron chi connectivity index (χ3n) is 3.18. The van der Waals surface area contributed by atoms with Crippen LogP contribution < -0.4 is 0 Å². The van der Waals surface area contributed by atoms with Crippen LogP contribution in [0.3, 0.4) is 0 Å². The summed E-state index contributed by atoms with van der Waals surface area (Å²) in [7, 11) is 0.955. The molecule has 0 N–H and O–H groups in total. The maximum atomic E-state index is 5.92. The van der Waals surface area contributed by atoms with Gasteiger partial charge in [0.05, 0.1) is 10.2 Å². The first-order valence-electron chi connectivity index (χ1n) is 6.06. The molecular formula is C11H24O3Si. The summed E-state index contributed by atoms with van der Waals surface area (Å²) in [5.74, 6) is -0.460. The van der Waals surface area contributed by atoms with Crippen LogP contribution in [0.15, 0.2) is 0 Å². The second-order valence-corrected chi connectivity index (χ2v) is 5.75. The summed E-state index contributed by atoms with van der Waals surface area (Å²) in [6.45, 7) is 8.21. The minimum atomic E-state index is -0.460. The Kier molecular flexibility index (Phi) is 4.77. The van der Waals surface area contributed by atoms with E-state index < -0.39 is 5.79 Å². The number of hydrogen-bond acceptors (Lipinski definition) is 3. The highest BCUT2D eigenvalue weighted by atomic mass is 28.1. The molecule has 0 aliphatic heterocycles. The molecule has 1 aliphatic carbocycles. The van der Waals surface area contributed by atoms with E-state index in [0.29, 0.717) is 13.2 Å². The van der Waals surface area contributed by atoms with E-state index in [1.165, 1.54) is 0 Å². The summed E-state index contributed by atoms with van der Waals surface area (Å²) < 4.78 is 17.7. The van der Waals surface area contributed by atoms with Gasteiger partial charge >= 0.3 is 0 Å². The Morgan fingerprint density at radius 2 is 1.47 bits per heavy atom. The summed E-state index contributed by atoms with van der Waals surface area (Å²) in [5.41, 5.74) is 0. The highest BCUT2D eigenvalue weighted by Crippen LogP contribution is 2.43. The summed E-state index contributed by atoms with van der Waals surface area (Å²) in [6.07, 6.45) is 3.19. The van der Waals surface area contributed by atoms with Crippen LogP contribution in [0.4, 0.5) is 0 Å². The van der Waals surface area contributed by atoms with Crippen LogP contribution in [0.1, 0.15) is 40.0 Å². The zero-order valence-electron chi connectivity index (χ0n) is 10.5. The molecule has 0 aromatic carbocycles. The van der Waals surface area contributed by atoms with Crippen molar-refractivity contribution in [1.82, 2.24) is 0 Å². The highest BCUT2D eigenvalue weighted by Gasteiger charge is 2.54. The van der Waals surface area contributed by atoms with Crippen molar-refractivity contribution in [1.29, 1.82) is 0 Å². The maximum Gasteiger partial charge on any atom is 0.193 e. The molecule has 0 radical (unpaired) electrons. The Morgan fingerprint density at radius 1 is 0.933 bits per heavy atom. The monoisotopic (exact) mass is 232 g/mol. The maximum absolute atomic E-state index is 5.92. The van der Waals surface area contributed by atoms with Gasteiger partial charge in [-0.3, -0.25) is 0 Å². The van der Waals surface area contributed by atoms with E-state index in [1.54, 1.807) is 0 Å². The molecule has 0 amide bonds. The molecule has 15 heavy (non-hydrogen) atoms. The zero-order chi connectivity index (χ0) is 11.4. The van der Waals surface area contributed by atoms with Gasteiger partial charge in [-0.2, -0.15) is 0 Å². The molecule has 1 saturated carbocycles. The van der Waals surface area contributed by atoms with Gasteiger partial charge < -0.3 is 14.2 Å². The minimum absolute atomic E-state index is 0.145. The lowest BCUT2D eigenvalue weighted by Crippen LogP contribution is -2.56. The van der Waals surface area contributed by atoms with Gasteiger partial charge in [-0.05, 0) is 33.6 Å². The predicted molar refractivity (Wildman–Crippen MR) is 64.1 cm³/mol. The summed E-state index contributed by atoms with van der Waals surface area (Å²) >= 11 is 0. The number of hydrogen-bond donors (Lipinski definition) is 0. The lowest BCUT2D eigenvalue weighted by atomic mass is 10.1. The molecule has 1 unspecified atom stereocenters. The number of rotatable bonds is 6. The summed E-state index contributed by atoms with van der Waals surface area (Å²) in [6, 6.07) is 0. The molecular weight excluding hydrogens is 208 g/mol. The van der Waals surface area contributed by atoms with E-state index in [-0.39, 0.29) is 5.22 Å². The first-order valence-corrected chi connectivity index (χ1v) is 7.06. The quantitative estimate of drug-likeness (QED) is 0.506. The van der Waals surface area contributed by atoms with Gasteiger partial charge in [0, 0.05) is 26.2 Å². The Labute approximate surface area is 95.9 Å². The van der Waals surface area contributed by atoms with Crippen molar-refractivity contribution in [3.05, 3.63) is 0 Å². The fraction of sp³-hybridized carbons (Fsp3) is 1.00. The third-order valence-corrected chi connectivity index (χ3v) is 4.73. The highest BCUT2D eigenvalue weighted by molar-refractivity contribution is 6.15. The normalized spacial score (nSPS) is 29.8. The fourth-order valence-electron chi connectivity index (χ4n) is 2.57. The van der Waals surface area contributed by atoms with Crippen molar-refractivity contribution < 1.29 is 14.2 Å². The van der Waals surface area contributed by atoms with Crippen LogP contribution in [-0.2, 0) is 14.2 Å². The van der Waals surface area contributed by atoms with Gasteiger partial charge in [0.1, 0.15) is 5.22 Å². The first-order chi connectivity index (χ1) is 7.14. The van der Waals surface area contributed by atoms with Crippen molar-refractivity contribution >= 4 is 10.2 Å². The van der Waals surface area contributed by atoms with Crippen molar-refractivity contribution in [3.8, 4) is 0 Å². The molecule has 1 fully saturated rings. The van der Waals surface area contributed by atoms with Gasteiger partial charge in [0.25, 0.3) is 0 Å². The van der Waals surface area contributed by atoms with E-state index in [2.05, 4.69) is 0 Å². The Morgan fingerprint density at radius 3 is 1.93 bits per heavy atom. The Hall–Kier alpha value is 0.0969. The average molecular weight is 232 g/mol. The van der Waals surface area contributed by atoms with E-state index in [0.717, 1.165) is 36.1 Å². The third kappa shape index (κ3) is 2.44. The SMILES string of the molecule is CCOC1([SiH3])CCCC1(OCC)OCC. The molecule has 0 bridgehead atoms. The van der Waals surface area contributed by atoms with Crippen LogP contribution >= 0.6 is 0 Å². The molecule has 0 aromatic rings. The molecule has 0 spiro atoms.